The molecule has 1 nitrogen and oxygen atoms in total. The van der Waals surface area contributed by atoms with Crippen molar-refractivity contribution in [2.75, 3.05) is 6.61 Å². The lowest BCUT2D eigenvalue weighted by Crippen LogP contribution is -2.02. The van der Waals surface area contributed by atoms with Gasteiger partial charge in [-0.15, -0.1) is 11.8 Å². The van der Waals surface area contributed by atoms with Gasteiger partial charge in [-0.3, -0.25) is 0 Å². The van der Waals surface area contributed by atoms with Gasteiger partial charge in [-0.05, 0) is 55.9 Å². The molecule has 0 heterocycles. The molecule has 0 fully saturated rings. The maximum Gasteiger partial charge on any atom is 0.122 e. The fourth-order valence-corrected chi connectivity index (χ4v) is 2.08. The number of benzene rings is 1. The van der Waals surface area contributed by atoms with Crippen LogP contribution in [0, 0.1) is 25.7 Å². The van der Waals surface area contributed by atoms with Crippen molar-refractivity contribution < 1.29 is 4.74 Å². The van der Waals surface area contributed by atoms with Gasteiger partial charge in [0.05, 0.1) is 6.61 Å². The zero-order valence-electron chi connectivity index (χ0n) is 12.3. The standard InChI is InChI=1S/C17H24O/c1-6-8-9-13(3)16-10-11-17(18-12-7-2)15(5)14(16)4/h10-11,13H,7,9,12H2,1-5H3. The van der Waals surface area contributed by atoms with Crippen LogP contribution in [0.15, 0.2) is 12.1 Å². The normalized spacial score (nSPS) is 11.6. The Labute approximate surface area is 112 Å². The summed E-state index contributed by atoms with van der Waals surface area (Å²) in [5.74, 6) is 7.63. The lowest BCUT2D eigenvalue weighted by atomic mass is 9.91. The summed E-state index contributed by atoms with van der Waals surface area (Å²) in [4.78, 5) is 0. The Morgan fingerprint density at radius 3 is 2.56 bits per heavy atom. The van der Waals surface area contributed by atoms with Crippen LogP contribution in [0.5, 0.6) is 5.75 Å². The molecule has 1 atom stereocenters. The highest BCUT2D eigenvalue weighted by Crippen LogP contribution is 2.30. The number of hydrogen-bond acceptors (Lipinski definition) is 1. The first-order chi connectivity index (χ1) is 8.61. The monoisotopic (exact) mass is 244 g/mol. The third-order valence-electron chi connectivity index (χ3n) is 3.36. The predicted octanol–water partition coefficient (Wildman–Crippen LogP) is 4.61. The molecule has 0 aromatic heterocycles. The highest BCUT2D eigenvalue weighted by molar-refractivity contribution is 5.45. The Morgan fingerprint density at radius 2 is 1.94 bits per heavy atom. The summed E-state index contributed by atoms with van der Waals surface area (Å²) in [7, 11) is 0. The van der Waals surface area contributed by atoms with E-state index in [0.29, 0.717) is 5.92 Å². The zero-order valence-corrected chi connectivity index (χ0v) is 12.3. The molecule has 1 rings (SSSR count). The molecule has 0 saturated heterocycles. The maximum atomic E-state index is 5.75. The minimum absolute atomic E-state index is 0.483. The van der Waals surface area contributed by atoms with Crippen LogP contribution in [0.4, 0.5) is 0 Å². The number of hydrogen-bond donors (Lipinski definition) is 0. The van der Waals surface area contributed by atoms with Gasteiger partial charge in [-0.25, -0.2) is 0 Å². The molecular weight excluding hydrogens is 220 g/mol. The molecule has 0 aliphatic rings. The van der Waals surface area contributed by atoms with Crippen LogP contribution in [-0.2, 0) is 0 Å². The van der Waals surface area contributed by atoms with Crippen molar-refractivity contribution in [3.63, 3.8) is 0 Å². The summed E-state index contributed by atoms with van der Waals surface area (Å²) in [5, 5.41) is 0. The van der Waals surface area contributed by atoms with E-state index >= 15 is 0 Å². The van der Waals surface area contributed by atoms with E-state index in [1.165, 1.54) is 16.7 Å². The third-order valence-corrected chi connectivity index (χ3v) is 3.36. The Bertz CT molecular complexity index is 449. The van der Waals surface area contributed by atoms with E-state index in [2.05, 4.69) is 51.7 Å². The van der Waals surface area contributed by atoms with Crippen molar-refractivity contribution in [3.05, 3.63) is 28.8 Å². The molecule has 18 heavy (non-hydrogen) atoms. The molecule has 98 valence electrons. The van der Waals surface area contributed by atoms with Crippen LogP contribution >= 0.6 is 0 Å². The van der Waals surface area contributed by atoms with E-state index in [-0.39, 0.29) is 0 Å². The van der Waals surface area contributed by atoms with Crippen LogP contribution in [0.3, 0.4) is 0 Å². The van der Waals surface area contributed by atoms with Crippen molar-refractivity contribution in [3.8, 4) is 17.6 Å². The Hall–Kier alpha value is -1.42. The molecule has 0 saturated carbocycles. The molecule has 1 unspecified atom stereocenters. The van der Waals surface area contributed by atoms with Gasteiger partial charge in [-0.1, -0.05) is 19.9 Å². The minimum atomic E-state index is 0.483. The molecule has 0 aliphatic heterocycles. The van der Waals surface area contributed by atoms with Gasteiger partial charge in [0.15, 0.2) is 0 Å². The van der Waals surface area contributed by atoms with Crippen molar-refractivity contribution in [2.45, 2.75) is 53.4 Å². The number of ether oxygens (including phenoxy) is 1. The maximum absolute atomic E-state index is 5.75. The SMILES string of the molecule is CC#CCC(C)c1ccc(OCCC)c(C)c1C. The summed E-state index contributed by atoms with van der Waals surface area (Å²) in [6, 6.07) is 4.29. The van der Waals surface area contributed by atoms with Crippen LogP contribution < -0.4 is 4.74 Å². The van der Waals surface area contributed by atoms with Crippen molar-refractivity contribution >= 4 is 0 Å². The van der Waals surface area contributed by atoms with Gasteiger partial charge in [0.2, 0.25) is 0 Å². The molecule has 1 aromatic carbocycles. The zero-order chi connectivity index (χ0) is 13.5. The summed E-state index contributed by atoms with van der Waals surface area (Å²) in [5.41, 5.74) is 3.99. The summed E-state index contributed by atoms with van der Waals surface area (Å²) < 4.78 is 5.75. The highest BCUT2D eigenvalue weighted by Gasteiger charge is 2.12. The molecular formula is C17H24O. The Balaban J connectivity index is 2.94. The molecule has 0 radical (unpaired) electrons. The Kier molecular flexibility index (Phi) is 5.78. The van der Waals surface area contributed by atoms with Crippen LogP contribution in [0.2, 0.25) is 0 Å². The first-order valence-electron chi connectivity index (χ1n) is 6.74. The minimum Gasteiger partial charge on any atom is -0.493 e. The summed E-state index contributed by atoms with van der Waals surface area (Å²) in [6.45, 7) is 11.4. The predicted molar refractivity (Wildman–Crippen MR) is 78.2 cm³/mol. The largest absolute Gasteiger partial charge is 0.493 e. The fraction of sp³-hybridized carbons (Fsp3) is 0.529. The lowest BCUT2D eigenvalue weighted by Gasteiger charge is -2.17. The Morgan fingerprint density at radius 1 is 1.22 bits per heavy atom. The smallest absolute Gasteiger partial charge is 0.122 e. The summed E-state index contributed by atoms with van der Waals surface area (Å²) >= 11 is 0. The first kappa shape index (κ1) is 14.6. The van der Waals surface area contributed by atoms with Crippen molar-refractivity contribution in [1.82, 2.24) is 0 Å². The van der Waals surface area contributed by atoms with E-state index in [1.54, 1.807) is 0 Å². The molecule has 0 N–H and O–H groups in total. The van der Waals surface area contributed by atoms with Crippen LogP contribution in [0.25, 0.3) is 0 Å². The van der Waals surface area contributed by atoms with E-state index in [4.69, 9.17) is 4.74 Å². The van der Waals surface area contributed by atoms with E-state index < -0.39 is 0 Å². The second-order valence-corrected chi connectivity index (χ2v) is 4.78. The van der Waals surface area contributed by atoms with Crippen LogP contribution in [-0.4, -0.2) is 6.61 Å². The van der Waals surface area contributed by atoms with Gasteiger partial charge in [0.25, 0.3) is 0 Å². The number of rotatable bonds is 5. The van der Waals surface area contributed by atoms with E-state index in [0.717, 1.165) is 25.2 Å². The highest BCUT2D eigenvalue weighted by atomic mass is 16.5. The molecule has 0 amide bonds. The molecule has 0 aliphatic carbocycles. The lowest BCUT2D eigenvalue weighted by molar-refractivity contribution is 0.315. The average Bonchev–Trinajstić information content (AvgIpc) is 2.37. The topological polar surface area (TPSA) is 9.23 Å². The van der Waals surface area contributed by atoms with Gasteiger partial charge in [0, 0.05) is 6.42 Å². The van der Waals surface area contributed by atoms with Crippen molar-refractivity contribution in [2.24, 2.45) is 0 Å². The fourth-order valence-electron chi connectivity index (χ4n) is 2.08. The van der Waals surface area contributed by atoms with E-state index in [1.807, 2.05) is 6.92 Å². The van der Waals surface area contributed by atoms with Gasteiger partial charge in [-0.2, -0.15) is 0 Å². The van der Waals surface area contributed by atoms with Gasteiger partial charge < -0.3 is 4.74 Å². The van der Waals surface area contributed by atoms with Gasteiger partial charge >= 0.3 is 0 Å². The summed E-state index contributed by atoms with van der Waals surface area (Å²) in [6.07, 6.45) is 1.97. The van der Waals surface area contributed by atoms with Crippen LogP contribution in [0.1, 0.15) is 56.2 Å². The van der Waals surface area contributed by atoms with E-state index in [9.17, 15) is 0 Å². The quantitative estimate of drug-likeness (QED) is 0.687. The second kappa shape index (κ2) is 7.11. The first-order valence-corrected chi connectivity index (χ1v) is 6.74. The third kappa shape index (κ3) is 3.53. The molecule has 0 bridgehead atoms. The van der Waals surface area contributed by atoms with Gasteiger partial charge in [0.1, 0.15) is 5.75 Å². The second-order valence-electron chi connectivity index (χ2n) is 4.78. The average molecular weight is 244 g/mol. The van der Waals surface area contributed by atoms with Crippen molar-refractivity contribution in [1.29, 1.82) is 0 Å². The molecule has 1 heteroatoms. The molecule has 0 spiro atoms. The molecule has 1 aromatic rings.